The van der Waals surface area contributed by atoms with Crippen LogP contribution >= 0.6 is 0 Å². The predicted octanol–water partition coefficient (Wildman–Crippen LogP) is 6.59. The topological polar surface area (TPSA) is 40.2 Å². The smallest absolute Gasteiger partial charge is 0.177 e. The van der Waals surface area contributed by atoms with E-state index in [4.69, 9.17) is 14.1 Å². The number of para-hydroxylation sites is 2. The molecule has 0 amide bonds. The molecule has 0 spiro atoms. The van der Waals surface area contributed by atoms with E-state index < -0.39 is 0 Å². The third-order valence-corrected chi connectivity index (χ3v) is 5.22. The van der Waals surface area contributed by atoms with Gasteiger partial charge in [0.25, 0.3) is 0 Å². The molecule has 29 heavy (non-hydrogen) atoms. The third-order valence-electron chi connectivity index (χ3n) is 5.22. The number of unbranched alkanes of at least 4 members (excludes halogenated alkanes) is 1. The largest absolute Gasteiger partial charge is 0.493 e. The Bertz CT molecular complexity index is 1080. The summed E-state index contributed by atoms with van der Waals surface area (Å²) in [7, 11) is 0. The van der Waals surface area contributed by atoms with Crippen molar-refractivity contribution in [3.8, 4) is 17.3 Å². The van der Waals surface area contributed by atoms with Crippen molar-refractivity contribution in [2.45, 2.75) is 46.1 Å². The number of fused-ring (bicyclic) bond motifs is 1. The zero-order valence-electron chi connectivity index (χ0n) is 17.4. The number of imidazole rings is 1. The summed E-state index contributed by atoms with van der Waals surface area (Å²) in [4.78, 5) is 4.78. The molecule has 2 aromatic heterocycles. The molecule has 0 N–H and O–H groups in total. The van der Waals surface area contributed by atoms with Crippen LogP contribution in [0.4, 0.5) is 0 Å². The normalized spacial score (nSPS) is 11.4. The zero-order chi connectivity index (χ0) is 20.2. The average Bonchev–Trinajstić information content (AvgIpc) is 3.35. The van der Waals surface area contributed by atoms with Crippen LogP contribution in [0.15, 0.2) is 65.3 Å². The van der Waals surface area contributed by atoms with Crippen molar-refractivity contribution in [3.05, 3.63) is 72.0 Å². The van der Waals surface area contributed by atoms with E-state index >= 15 is 0 Å². The number of aromatic nitrogens is 2. The van der Waals surface area contributed by atoms with Crippen LogP contribution < -0.4 is 4.74 Å². The van der Waals surface area contributed by atoms with Crippen LogP contribution in [0, 0.1) is 6.92 Å². The van der Waals surface area contributed by atoms with E-state index in [1.165, 1.54) is 11.1 Å². The fourth-order valence-electron chi connectivity index (χ4n) is 3.69. The van der Waals surface area contributed by atoms with E-state index in [-0.39, 0.29) is 0 Å². The van der Waals surface area contributed by atoms with Crippen molar-refractivity contribution in [2.75, 3.05) is 6.61 Å². The first-order valence-electron chi connectivity index (χ1n) is 10.4. The van der Waals surface area contributed by atoms with Crippen molar-refractivity contribution in [1.29, 1.82) is 0 Å². The molecule has 4 aromatic rings. The lowest BCUT2D eigenvalue weighted by Gasteiger charge is -2.15. The van der Waals surface area contributed by atoms with E-state index in [9.17, 15) is 0 Å². The maximum atomic E-state index is 6.15. The summed E-state index contributed by atoms with van der Waals surface area (Å²) in [5, 5.41) is 0. The standard InChI is InChI=1S/C25H28N2O2/c1-18(2)20-13-12-19(3)17-24(20)29-15-7-6-14-27-22-10-5-4-9-21(22)26-25(27)23-11-8-16-28-23/h4-5,8-13,16-18H,6-7,14-15H2,1-3H3. The Labute approximate surface area is 172 Å². The summed E-state index contributed by atoms with van der Waals surface area (Å²) in [6.45, 7) is 8.11. The average molecular weight is 389 g/mol. The van der Waals surface area contributed by atoms with Gasteiger partial charge in [-0.05, 0) is 67.1 Å². The summed E-state index contributed by atoms with van der Waals surface area (Å²) >= 11 is 0. The number of nitrogens with zero attached hydrogens (tertiary/aromatic N) is 2. The molecule has 4 rings (SSSR count). The molecule has 0 aliphatic rings. The zero-order valence-corrected chi connectivity index (χ0v) is 17.4. The molecule has 0 aliphatic heterocycles. The Balaban J connectivity index is 1.43. The first-order valence-corrected chi connectivity index (χ1v) is 10.4. The molecule has 0 fully saturated rings. The lowest BCUT2D eigenvalue weighted by molar-refractivity contribution is 0.299. The molecule has 0 bridgehead atoms. The second-order valence-electron chi connectivity index (χ2n) is 7.80. The van der Waals surface area contributed by atoms with Gasteiger partial charge in [0.05, 0.1) is 23.9 Å². The highest BCUT2D eigenvalue weighted by Gasteiger charge is 2.14. The first-order chi connectivity index (χ1) is 14.1. The van der Waals surface area contributed by atoms with Crippen molar-refractivity contribution in [2.24, 2.45) is 0 Å². The lowest BCUT2D eigenvalue weighted by Crippen LogP contribution is -2.05. The van der Waals surface area contributed by atoms with Crippen molar-refractivity contribution >= 4 is 11.0 Å². The molecule has 4 heteroatoms. The maximum Gasteiger partial charge on any atom is 0.177 e. The molecule has 0 aliphatic carbocycles. The highest BCUT2D eigenvalue weighted by molar-refractivity contribution is 5.79. The van der Waals surface area contributed by atoms with Gasteiger partial charge in [-0.1, -0.05) is 38.1 Å². The van der Waals surface area contributed by atoms with Crippen LogP contribution in [0.3, 0.4) is 0 Å². The molecule has 0 atom stereocenters. The van der Waals surface area contributed by atoms with E-state index in [1.807, 2.05) is 24.3 Å². The van der Waals surface area contributed by atoms with Gasteiger partial charge in [-0.25, -0.2) is 4.98 Å². The van der Waals surface area contributed by atoms with Gasteiger partial charge in [0.15, 0.2) is 11.6 Å². The van der Waals surface area contributed by atoms with Gasteiger partial charge in [-0.2, -0.15) is 0 Å². The lowest BCUT2D eigenvalue weighted by atomic mass is 10.0. The number of hydrogen-bond acceptors (Lipinski definition) is 3. The van der Waals surface area contributed by atoms with Gasteiger partial charge < -0.3 is 13.7 Å². The summed E-state index contributed by atoms with van der Waals surface area (Å²) in [5.41, 5.74) is 4.64. The number of hydrogen-bond donors (Lipinski definition) is 0. The number of benzene rings is 2. The number of rotatable bonds is 8. The fraction of sp³-hybridized carbons (Fsp3) is 0.320. The predicted molar refractivity (Wildman–Crippen MR) is 117 cm³/mol. The number of aryl methyl sites for hydroxylation is 2. The van der Waals surface area contributed by atoms with E-state index in [0.717, 1.165) is 47.8 Å². The minimum atomic E-state index is 0.457. The Morgan fingerprint density at radius 1 is 1.03 bits per heavy atom. The van der Waals surface area contributed by atoms with Crippen LogP contribution in [0.5, 0.6) is 5.75 Å². The number of furan rings is 1. The molecule has 150 valence electrons. The second-order valence-corrected chi connectivity index (χ2v) is 7.80. The molecular formula is C25H28N2O2. The van der Waals surface area contributed by atoms with E-state index in [2.05, 4.69) is 55.7 Å². The van der Waals surface area contributed by atoms with Gasteiger partial charge in [0, 0.05) is 6.54 Å². The molecule has 4 nitrogen and oxygen atoms in total. The van der Waals surface area contributed by atoms with Gasteiger partial charge in [0.1, 0.15) is 5.75 Å². The Morgan fingerprint density at radius 2 is 1.90 bits per heavy atom. The first kappa shape index (κ1) is 19.3. The number of ether oxygens (including phenoxy) is 1. The van der Waals surface area contributed by atoms with Gasteiger partial charge in [-0.3, -0.25) is 0 Å². The van der Waals surface area contributed by atoms with Crippen molar-refractivity contribution in [3.63, 3.8) is 0 Å². The van der Waals surface area contributed by atoms with Gasteiger partial charge in [-0.15, -0.1) is 0 Å². The summed E-state index contributed by atoms with van der Waals surface area (Å²) in [6.07, 6.45) is 3.69. The van der Waals surface area contributed by atoms with Crippen LogP contribution in [-0.4, -0.2) is 16.2 Å². The molecule has 2 aromatic carbocycles. The highest BCUT2D eigenvalue weighted by Crippen LogP contribution is 2.28. The van der Waals surface area contributed by atoms with Crippen molar-refractivity contribution in [1.82, 2.24) is 9.55 Å². The fourth-order valence-corrected chi connectivity index (χ4v) is 3.69. The summed E-state index contributed by atoms with van der Waals surface area (Å²) < 4.78 is 14.0. The monoisotopic (exact) mass is 388 g/mol. The Kier molecular flexibility index (Phi) is 5.70. The summed E-state index contributed by atoms with van der Waals surface area (Å²) in [5.74, 6) is 3.17. The molecule has 0 radical (unpaired) electrons. The molecule has 2 heterocycles. The molecule has 0 saturated carbocycles. The minimum Gasteiger partial charge on any atom is -0.493 e. The van der Waals surface area contributed by atoms with Crippen LogP contribution in [-0.2, 0) is 6.54 Å². The van der Waals surface area contributed by atoms with E-state index in [1.54, 1.807) is 6.26 Å². The van der Waals surface area contributed by atoms with Gasteiger partial charge in [0.2, 0.25) is 0 Å². The van der Waals surface area contributed by atoms with Crippen molar-refractivity contribution < 1.29 is 9.15 Å². The third kappa shape index (κ3) is 4.21. The van der Waals surface area contributed by atoms with E-state index in [0.29, 0.717) is 12.5 Å². The minimum absolute atomic E-state index is 0.457. The Hall–Kier alpha value is -3.01. The second kappa shape index (κ2) is 8.56. The molecule has 0 unspecified atom stereocenters. The van der Waals surface area contributed by atoms with Gasteiger partial charge >= 0.3 is 0 Å². The van der Waals surface area contributed by atoms with Crippen LogP contribution in [0.1, 0.15) is 43.7 Å². The molecule has 0 saturated heterocycles. The maximum absolute atomic E-state index is 6.15. The summed E-state index contributed by atoms with van der Waals surface area (Å²) in [6, 6.07) is 18.6. The SMILES string of the molecule is Cc1ccc(C(C)C)c(OCCCCn2c(-c3ccco3)nc3ccccc32)c1. The molecular weight excluding hydrogens is 360 g/mol. The quantitative estimate of drug-likeness (QED) is 0.320. The highest BCUT2D eigenvalue weighted by atomic mass is 16.5. The van der Waals surface area contributed by atoms with Crippen LogP contribution in [0.2, 0.25) is 0 Å². The van der Waals surface area contributed by atoms with Crippen LogP contribution in [0.25, 0.3) is 22.6 Å². The Morgan fingerprint density at radius 3 is 2.69 bits per heavy atom.